The highest BCUT2D eigenvalue weighted by molar-refractivity contribution is 6.08. The molecule has 1 saturated carbocycles. The number of amides is 1. The van der Waals surface area contributed by atoms with Crippen LogP contribution >= 0.6 is 0 Å². The largest absolute Gasteiger partial charge is 0.507 e. The molecule has 4 aromatic carbocycles. The SMILES string of the molecule is CCC(Cc1ccccc1)c1cc(O)c(C(c2cccc(NC(=O)c3ccccc3-c3ccc(C#N)cc3)c2)C2CC2)c(=O)o1. The Kier molecular flexibility index (Phi) is 8.61. The Labute approximate surface area is 262 Å². The van der Waals surface area contributed by atoms with Crippen molar-refractivity contribution in [3.63, 3.8) is 0 Å². The highest BCUT2D eigenvalue weighted by atomic mass is 16.4. The van der Waals surface area contributed by atoms with Crippen molar-refractivity contribution in [3.05, 3.63) is 153 Å². The molecule has 6 heteroatoms. The fourth-order valence-electron chi connectivity index (χ4n) is 6.11. The molecule has 6 nitrogen and oxygen atoms in total. The van der Waals surface area contributed by atoms with Gasteiger partial charge < -0.3 is 14.8 Å². The van der Waals surface area contributed by atoms with E-state index in [2.05, 4.69) is 23.5 Å². The molecule has 1 aliphatic rings. The molecule has 1 heterocycles. The van der Waals surface area contributed by atoms with Crippen molar-refractivity contribution >= 4 is 11.6 Å². The van der Waals surface area contributed by atoms with E-state index in [4.69, 9.17) is 9.68 Å². The molecule has 0 radical (unpaired) electrons. The van der Waals surface area contributed by atoms with Gasteiger partial charge in [0.2, 0.25) is 0 Å². The lowest BCUT2D eigenvalue weighted by Gasteiger charge is -2.20. The first-order valence-electron chi connectivity index (χ1n) is 15.4. The van der Waals surface area contributed by atoms with E-state index >= 15 is 0 Å². The third kappa shape index (κ3) is 6.58. The van der Waals surface area contributed by atoms with Gasteiger partial charge in [-0.05, 0) is 84.2 Å². The zero-order valence-corrected chi connectivity index (χ0v) is 25.1. The van der Waals surface area contributed by atoms with Crippen LogP contribution in [0.5, 0.6) is 5.75 Å². The van der Waals surface area contributed by atoms with E-state index in [1.54, 1.807) is 24.3 Å². The summed E-state index contributed by atoms with van der Waals surface area (Å²) in [5.74, 6) is -0.0261. The maximum atomic E-state index is 13.5. The molecule has 0 saturated heterocycles. The zero-order chi connectivity index (χ0) is 31.3. The van der Waals surface area contributed by atoms with Gasteiger partial charge in [0.15, 0.2) is 0 Å². The smallest absolute Gasteiger partial charge is 0.343 e. The second-order valence-corrected chi connectivity index (χ2v) is 11.7. The molecule has 224 valence electrons. The predicted octanol–water partition coefficient (Wildman–Crippen LogP) is 8.41. The highest BCUT2D eigenvalue weighted by Crippen LogP contribution is 2.48. The second-order valence-electron chi connectivity index (χ2n) is 11.7. The second kappa shape index (κ2) is 13.1. The van der Waals surface area contributed by atoms with E-state index in [-0.39, 0.29) is 35.0 Å². The van der Waals surface area contributed by atoms with Crippen LogP contribution in [0.1, 0.15) is 76.4 Å². The molecule has 2 atom stereocenters. The van der Waals surface area contributed by atoms with Gasteiger partial charge in [0, 0.05) is 29.2 Å². The van der Waals surface area contributed by atoms with E-state index < -0.39 is 5.63 Å². The predicted molar refractivity (Wildman–Crippen MR) is 175 cm³/mol. The number of benzene rings is 4. The van der Waals surface area contributed by atoms with Crippen LogP contribution in [0.15, 0.2) is 118 Å². The molecule has 2 unspecified atom stereocenters. The summed E-state index contributed by atoms with van der Waals surface area (Å²) < 4.78 is 5.91. The number of nitrogens with one attached hydrogen (secondary N) is 1. The van der Waals surface area contributed by atoms with Gasteiger partial charge in [-0.2, -0.15) is 5.26 Å². The number of nitrogens with zero attached hydrogens (tertiary/aromatic N) is 1. The molecule has 1 amide bonds. The molecule has 0 bridgehead atoms. The monoisotopic (exact) mass is 594 g/mol. The van der Waals surface area contributed by atoms with Gasteiger partial charge in [0.1, 0.15) is 11.5 Å². The standard InChI is InChI=1S/C39H34N2O4/c1-2-27(21-25-9-4-3-5-10-25)35-23-34(42)37(39(44)45-35)36(29-19-20-29)30-11-8-12-31(22-30)41-38(43)33-14-7-6-13-32(33)28-17-15-26(24-40)16-18-28/h3-18,22-23,27,29,36,42H,2,19-21H2,1H3,(H,41,43). The summed E-state index contributed by atoms with van der Waals surface area (Å²) in [6.45, 7) is 2.05. The maximum Gasteiger partial charge on any atom is 0.343 e. The van der Waals surface area contributed by atoms with E-state index in [0.717, 1.165) is 41.5 Å². The fraction of sp³-hybridized carbons (Fsp3) is 0.205. The Morgan fingerprint density at radius 2 is 1.69 bits per heavy atom. The van der Waals surface area contributed by atoms with E-state index in [1.165, 1.54) is 0 Å². The lowest BCUT2D eigenvalue weighted by Crippen LogP contribution is -2.18. The van der Waals surface area contributed by atoms with Crippen molar-refractivity contribution in [1.82, 2.24) is 0 Å². The van der Waals surface area contributed by atoms with Crippen LogP contribution in [0.3, 0.4) is 0 Å². The number of anilines is 1. The van der Waals surface area contributed by atoms with Gasteiger partial charge in [-0.1, -0.05) is 79.7 Å². The Morgan fingerprint density at radius 3 is 2.38 bits per heavy atom. The third-order valence-electron chi connectivity index (χ3n) is 8.61. The Bertz CT molecular complexity index is 1920. The fourth-order valence-corrected chi connectivity index (χ4v) is 6.11. The summed E-state index contributed by atoms with van der Waals surface area (Å²) in [5.41, 5.74) is 4.97. The molecule has 6 rings (SSSR count). The van der Waals surface area contributed by atoms with Gasteiger partial charge in [0.05, 0.1) is 17.2 Å². The first-order valence-corrected chi connectivity index (χ1v) is 15.4. The zero-order valence-electron chi connectivity index (χ0n) is 25.1. The molecule has 2 N–H and O–H groups in total. The number of aromatic hydroxyl groups is 1. The first-order chi connectivity index (χ1) is 21.9. The Balaban J connectivity index is 1.27. The van der Waals surface area contributed by atoms with Crippen LogP contribution in [0, 0.1) is 17.2 Å². The van der Waals surface area contributed by atoms with Crippen molar-refractivity contribution < 1.29 is 14.3 Å². The summed E-state index contributed by atoms with van der Waals surface area (Å²) in [6, 6.07) is 35.7. The average Bonchev–Trinajstić information content (AvgIpc) is 3.91. The van der Waals surface area contributed by atoms with Gasteiger partial charge in [-0.15, -0.1) is 0 Å². The molecule has 0 aliphatic heterocycles. The van der Waals surface area contributed by atoms with Gasteiger partial charge in [-0.3, -0.25) is 4.79 Å². The number of nitriles is 1. The molecule has 1 fully saturated rings. The van der Waals surface area contributed by atoms with Crippen molar-refractivity contribution in [1.29, 1.82) is 5.26 Å². The van der Waals surface area contributed by atoms with Crippen LogP contribution in [-0.2, 0) is 6.42 Å². The van der Waals surface area contributed by atoms with E-state index in [0.29, 0.717) is 29.0 Å². The minimum Gasteiger partial charge on any atom is -0.507 e. The minimum atomic E-state index is -0.515. The Hall–Kier alpha value is -5.41. The molecular formula is C39H34N2O4. The summed E-state index contributed by atoms with van der Waals surface area (Å²) in [5, 5.41) is 23.5. The molecule has 1 aromatic heterocycles. The maximum absolute atomic E-state index is 13.5. The van der Waals surface area contributed by atoms with E-state index in [1.807, 2.05) is 79.7 Å². The van der Waals surface area contributed by atoms with Crippen molar-refractivity contribution in [3.8, 4) is 22.9 Å². The molecule has 1 aliphatic carbocycles. The third-order valence-corrected chi connectivity index (χ3v) is 8.61. The number of carbonyl (C=O) groups excluding carboxylic acids is 1. The van der Waals surface area contributed by atoms with Crippen molar-refractivity contribution in [2.24, 2.45) is 5.92 Å². The number of rotatable bonds is 10. The summed E-state index contributed by atoms with van der Waals surface area (Å²) in [7, 11) is 0. The van der Waals surface area contributed by atoms with E-state index in [9.17, 15) is 14.7 Å². The average molecular weight is 595 g/mol. The van der Waals surface area contributed by atoms with Crippen molar-refractivity contribution in [2.45, 2.75) is 44.4 Å². The molecule has 5 aromatic rings. The normalized spacial score (nSPS) is 13.9. The molecule has 45 heavy (non-hydrogen) atoms. The summed E-state index contributed by atoms with van der Waals surface area (Å²) in [6.07, 6.45) is 3.34. The van der Waals surface area contributed by atoms with Gasteiger partial charge >= 0.3 is 5.63 Å². The van der Waals surface area contributed by atoms with Crippen LogP contribution in [-0.4, -0.2) is 11.0 Å². The summed E-state index contributed by atoms with van der Waals surface area (Å²) >= 11 is 0. The van der Waals surface area contributed by atoms with Crippen LogP contribution in [0.25, 0.3) is 11.1 Å². The lowest BCUT2D eigenvalue weighted by atomic mass is 9.86. The number of carbonyl (C=O) groups is 1. The Morgan fingerprint density at radius 1 is 0.956 bits per heavy atom. The lowest BCUT2D eigenvalue weighted by molar-refractivity contribution is 0.102. The van der Waals surface area contributed by atoms with Gasteiger partial charge in [-0.25, -0.2) is 4.79 Å². The molecule has 0 spiro atoms. The van der Waals surface area contributed by atoms with Crippen LogP contribution < -0.4 is 10.9 Å². The van der Waals surface area contributed by atoms with Crippen molar-refractivity contribution in [2.75, 3.05) is 5.32 Å². The number of hydrogen-bond donors (Lipinski definition) is 2. The highest BCUT2D eigenvalue weighted by Gasteiger charge is 2.38. The minimum absolute atomic E-state index is 0.0369. The van der Waals surface area contributed by atoms with Gasteiger partial charge in [0.25, 0.3) is 5.91 Å². The molecular weight excluding hydrogens is 560 g/mol. The number of hydrogen-bond acceptors (Lipinski definition) is 5. The van der Waals surface area contributed by atoms with Crippen LogP contribution in [0.2, 0.25) is 0 Å². The topological polar surface area (TPSA) is 103 Å². The quantitative estimate of drug-likeness (QED) is 0.169. The van der Waals surface area contributed by atoms with Crippen LogP contribution in [0.4, 0.5) is 5.69 Å². The summed E-state index contributed by atoms with van der Waals surface area (Å²) in [4.78, 5) is 27.1. The first kappa shape index (κ1) is 29.7.